The van der Waals surface area contributed by atoms with E-state index in [1.165, 1.54) is 20.1 Å². The van der Waals surface area contributed by atoms with Crippen molar-refractivity contribution >= 4 is 11.8 Å². The predicted molar refractivity (Wildman–Crippen MR) is 83.1 cm³/mol. The van der Waals surface area contributed by atoms with E-state index in [1.807, 2.05) is 30.3 Å². The first-order valence-electron chi connectivity index (χ1n) is 7.23. The van der Waals surface area contributed by atoms with Crippen LogP contribution in [0.3, 0.4) is 0 Å². The number of fused-ring (bicyclic) bond motifs is 1. The SMILES string of the molecule is COc1cc(OC(C)=O)c2c(c1)OC(c1ccccc1)CC2=O. The Labute approximate surface area is 133 Å². The van der Waals surface area contributed by atoms with Crippen molar-refractivity contribution in [3.05, 3.63) is 53.6 Å². The fraction of sp³-hybridized carbons (Fsp3) is 0.222. The van der Waals surface area contributed by atoms with Crippen LogP contribution in [-0.2, 0) is 4.79 Å². The first-order valence-corrected chi connectivity index (χ1v) is 7.23. The molecule has 118 valence electrons. The second kappa shape index (κ2) is 6.12. The number of carbonyl (C=O) groups excluding carboxylic acids is 2. The van der Waals surface area contributed by atoms with E-state index in [2.05, 4.69) is 0 Å². The van der Waals surface area contributed by atoms with Crippen LogP contribution in [0.25, 0.3) is 0 Å². The Hall–Kier alpha value is -2.82. The van der Waals surface area contributed by atoms with Crippen LogP contribution in [0.15, 0.2) is 42.5 Å². The van der Waals surface area contributed by atoms with Gasteiger partial charge in [0.1, 0.15) is 28.9 Å². The quantitative estimate of drug-likeness (QED) is 0.642. The fourth-order valence-electron chi connectivity index (χ4n) is 2.61. The van der Waals surface area contributed by atoms with Gasteiger partial charge in [-0.15, -0.1) is 0 Å². The molecule has 2 aromatic rings. The molecule has 1 aliphatic rings. The van der Waals surface area contributed by atoms with Gasteiger partial charge in [0, 0.05) is 19.1 Å². The first kappa shape index (κ1) is 15.1. The Kier molecular flexibility index (Phi) is 4.02. The van der Waals surface area contributed by atoms with Gasteiger partial charge >= 0.3 is 5.97 Å². The summed E-state index contributed by atoms with van der Waals surface area (Å²) in [4.78, 5) is 23.8. The van der Waals surface area contributed by atoms with E-state index in [-0.39, 0.29) is 29.6 Å². The van der Waals surface area contributed by atoms with Crippen molar-refractivity contribution in [1.29, 1.82) is 0 Å². The van der Waals surface area contributed by atoms with E-state index in [1.54, 1.807) is 6.07 Å². The van der Waals surface area contributed by atoms with E-state index in [4.69, 9.17) is 14.2 Å². The van der Waals surface area contributed by atoms with Gasteiger partial charge < -0.3 is 14.2 Å². The molecule has 0 saturated heterocycles. The van der Waals surface area contributed by atoms with Crippen LogP contribution in [-0.4, -0.2) is 18.9 Å². The Balaban J connectivity index is 2.03. The zero-order valence-electron chi connectivity index (χ0n) is 12.9. The van der Waals surface area contributed by atoms with E-state index < -0.39 is 5.97 Å². The number of Topliss-reactive ketones (excluding diaryl/α,β-unsaturated/α-hetero) is 1. The molecule has 0 fully saturated rings. The average molecular weight is 312 g/mol. The first-order chi connectivity index (χ1) is 11.1. The van der Waals surface area contributed by atoms with Crippen molar-refractivity contribution in [2.75, 3.05) is 7.11 Å². The minimum absolute atomic E-state index is 0.126. The van der Waals surface area contributed by atoms with Crippen molar-refractivity contribution in [2.24, 2.45) is 0 Å². The van der Waals surface area contributed by atoms with Gasteiger partial charge in [-0.25, -0.2) is 0 Å². The predicted octanol–water partition coefficient (Wildman–Crippen LogP) is 3.33. The number of esters is 1. The van der Waals surface area contributed by atoms with E-state index >= 15 is 0 Å². The molecule has 2 aromatic carbocycles. The van der Waals surface area contributed by atoms with Crippen molar-refractivity contribution in [1.82, 2.24) is 0 Å². The third-order valence-electron chi connectivity index (χ3n) is 3.62. The molecule has 0 radical (unpaired) electrons. The zero-order valence-corrected chi connectivity index (χ0v) is 12.9. The molecule has 1 atom stereocenters. The maximum atomic E-state index is 12.6. The smallest absolute Gasteiger partial charge is 0.308 e. The molecule has 0 spiro atoms. The van der Waals surface area contributed by atoms with Gasteiger partial charge in [-0.1, -0.05) is 30.3 Å². The fourth-order valence-corrected chi connectivity index (χ4v) is 2.61. The highest BCUT2D eigenvalue weighted by Gasteiger charge is 2.31. The summed E-state index contributed by atoms with van der Waals surface area (Å²) in [5, 5.41) is 0. The summed E-state index contributed by atoms with van der Waals surface area (Å²) in [6.45, 7) is 1.28. The van der Waals surface area contributed by atoms with Crippen LogP contribution in [0, 0.1) is 0 Å². The lowest BCUT2D eigenvalue weighted by Gasteiger charge is -2.27. The second-order valence-corrected chi connectivity index (χ2v) is 5.24. The molecule has 1 aliphatic heterocycles. The minimum Gasteiger partial charge on any atom is -0.496 e. The molecule has 0 saturated carbocycles. The number of carbonyl (C=O) groups is 2. The standard InChI is InChI=1S/C18H16O5/c1-11(19)22-16-8-13(21-2)9-17-18(16)14(20)10-15(23-17)12-6-4-3-5-7-12/h3-9,15H,10H2,1-2H3. The summed E-state index contributed by atoms with van der Waals surface area (Å²) in [6, 6.07) is 12.7. The van der Waals surface area contributed by atoms with Gasteiger partial charge in [0.15, 0.2) is 5.78 Å². The molecule has 0 bridgehead atoms. The maximum Gasteiger partial charge on any atom is 0.308 e. The Morgan fingerprint density at radius 2 is 1.96 bits per heavy atom. The molecule has 0 amide bonds. The summed E-state index contributed by atoms with van der Waals surface area (Å²) in [5.74, 6) is 0.369. The van der Waals surface area contributed by atoms with Crippen molar-refractivity contribution < 1.29 is 23.8 Å². The molecule has 23 heavy (non-hydrogen) atoms. The Morgan fingerprint density at radius 1 is 1.22 bits per heavy atom. The molecule has 0 N–H and O–H groups in total. The molecule has 5 heteroatoms. The van der Waals surface area contributed by atoms with Gasteiger partial charge in [-0.2, -0.15) is 0 Å². The highest BCUT2D eigenvalue weighted by molar-refractivity contribution is 6.03. The summed E-state index contributed by atoms with van der Waals surface area (Å²) >= 11 is 0. The van der Waals surface area contributed by atoms with Crippen LogP contribution < -0.4 is 14.2 Å². The molecule has 0 aliphatic carbocycles. The van der Waals surface area contributed by atoms with Crippen molar-refractivity contribution in [3.63, 3.8) is 0 Å². The summed E-state index contributed by atoms with van der Waals surface area (Å²) in [7, 11) is 1.50. The largest absolute Gasteiger partial charge is 0.496 e. The van der Waals surface area contributed by atoms with Crippen LogP contribution in [0.5, 0.6) is 17.2 Å². The van der Waals surface area contributed by atoms with Crippen molar-refractivity contribution in [2.45, 2.75) is 19.4 Å². The van der Waals surface area contributed by atoms with Gasteiger partial charge in [-0.05, 0) is 5.56 Å². The average Bonchev–Trinajstić information content (AvgIpc) is 2.54. The van der Waals surface area contributed by atoms with Gasteiger partial charge in [0.25, 0.3) is 0 Å². The van der Waals surface area contributed by atoms with Gasteiger partial charge in [0.2, 0.25) is 0 Å². The van der Waals surface area contributed by atoms with Crippen LogP contribution in [0.1, 0.15) is 35.4 Å². The van der Waals surface area contributed by atoms with Crippen LogP contribution in [0.4, 0.5) is 0 Å². The van der Waals surface area contributed by atoms with E-state index in [0.29, 0.717) is 11.5 Å². The number of rotatable bonds is 3. The zero-order chi connectivity index (χ0) is 16.4. The maximum absolute atomic E-state index is 12.6. The molecular weight excluding hydrogens is 296 g/mol. The van der Waals surface area contributed by atoms with Crippen LogP contribution >= 0.6 is 0 Å². The number of methoxy groups -OCH3 is 1. The molecule has 1 unspecified atom stereocenters. The number of hydrogen-bond donors (Lipinski definition) is 0. The van der Waals surface area contributed by atoms with Gasteiger partial charge in [0.05, 0.1) is 13.5 Å². The molecule has 3 rings (SSSR count). The normalized spacial score (nSPS) is 16.3. The lowest BCUT2D eigenvalue weighted by Crippen LogP contribution is -2.21. The summed E-state index contributed by atoms with van der Waals surface area (Å²) < 4.78 is 16.3. The summed E-state index contributed by atoms with van der Waals surface area (Å²) in [6.07, 6.45) is -0.175. The molecule has 1 heterocycles. The van der Waals surface area contributed by atoms with Gasteiger partial charge in [-0.3, -0.25) is 9.59 Å². The lowest BCUT2D eigenvalue weighted by molar-refractivity contribution is -0.131. The van der Waals surface area contributed by atoms with Crippen molar-refractivity contribution in [3.8, 4) is 17.2 Å². The number of ether oxygens (including phenoxy) is 3. The third-order valence-corrected chi connectivity index (χ3v) is 3.62. The Bertz CT molecular complexity index is 752. The topological polar surface area (TPSA) is 61.8 Å². The highest BCUT2D eigenvalue weighted by atomic mass is 16.5. The third kappa shape index (κ3) is 3.04. The molecule has 0 aromatic heterocycles. The second-order valence-electron chi connectivity index (χ2n) is 5.24. The monoisotopic (exact) mass is 312 g/mol. The van der Waals surface area contributed by atoms with Crippen LogP contribution in [0.2, 0.25) is 0 Å². The molecule has 5 nitrogen and oxygen atoms in total. The van der Waals surface area contributed by atoms with E-state index in [0.717, 1.165) is 5.56 Å². The lowest BCUT2D eigenvalue weighted by atomic mass is 9.95. The summed E-state index contributed by atoms with van der Waals surface area (Å²) in [5.41, 5.74) is 1.21. The number of benzene rings is 2. The highest BCUT2D eigenvalue weighted by Crippen LogP contribution is 2.42. The number of ketones is 1. The minimum atomic E-state index is -0.501. The molecular formula is C18H16O5. The Morgan fingerprint density at radius 3 is 2.61 bits per heavy atom. The number of hydrogen-bond acceptors (Lipinski definition) is 5. The van der Waals surface area contributed by atoms with E-state index in [9.17, 15) is 9.59 Å².